The lowest BCUT2D eigenvalue weighted by Gasteiger charge is -2.26. The molecule has 0 aliphatic carbocycles. The first-order chi connectivity index (χ1) is 9.85. The maximum Gasteiger partial charge on any atom is 0.370 e. The average molecular weight is 393 g/mol. The third kappa shape index (κ3) is 3.63. The van der Waals surface area contributed by atoms with Crippen LogP contribution in [0.2, 0.25) is 10.0 Å². The maximum absolute atomic E-state index is 14.1. The Morgan fingerprint density at radius 2 is 1.86 bits per heavy atom. The first-order valence-electron chi connectivity index (χ1n) is 5.84. The van der Waals surface area contributed by atoms with Crippen LogP contribution in [0, 0.1) is 0 Å². The molecule has 1 fully saturated rings. The van der Waals surface area contributed by atoms with Crippen LogP contribution < -0.4 is 4.90 Å². The van der Waals surface area contributed by atoms with E-state index in [9.17, 15) is 9.28 Å². The van der Waals surface area contributed by atoms with Gasteiger partial charge in [-0.15, -0.1) is 4.41 Å². The molecular weight excluding hydrogens is 383 g/mol. The molecule has 1 heterocycles. The number of alkyl halides is 2. The zero-order valence-electron chi connectivity index (χ0n) is 10.6. The van der Waals surface area contributed by atoms with Gasteiger partial charge in [-0.1, -0.05) is 63.0 Å². The minimum Gasteiger partial charge on any atom is -0.272 e. The molecule has 0 bridgehead atoms. The van der Waals surface area contributed by atoms with Crippen LogP contribution in [0.4, 0.5) is 15.0 Å². The Labute approximate surface area is 145 Å². The number of urea groups is 1. The van der Waals surface area contributed by atoms with Crippen LogP contribution in [-0.4, -0.2) is 26.0 Å². The highest BCUT2D eigenvalue weighted by atomic mass is 35.5. The molecule has 1 aromatic rings. The molecule has 0 spiro atoms. The molecule has 2 rings (SSSR count). The third-order valence-corrected chi connectivity index (χ3v) is 4.44. The van der Waals surface area contributed by atoms with Crippen molar-refractivity contribution in [2.75, 3.05) is 4.90 Å². The number of hydrogen-bond acceptors (Lipinski definition) is 3. The summed E-state index contributed by atoms with van der Waals surface area (Å²) in [4.78, 5) is 13.4. The SMILES string of the molecule is CCC1N(c2cc(Cl)cc(Cl)c2)C(=O)N(F)N1SC(Cl)Cl. The predicted octanol–water partition coefficient (Wildman–Crippen LogP) is 5.48. The molecule has 1 unspecified atom stereocenters. The van der Waals surface area contributed by atoms with Gasteiger partial charge in [0.15, 0.2) is 4.17 Å². The van der Waals surface area contributed by atoms with Crippen LogP contribution in [-0.2, 0) is 0 Å². The molecule has 0 saturated carbocycles. The van der Waals surface area contributed by atoms with Gasteiger partial charge in [0, 0.05) is 10.0 Å². The second-order valence-corrected chi connectivity index (χ2v) is 7.64. The normalized spacial score (nSPS) is 20.0. The molecule has 1 aliphatic rings. The average Bonchev–Trinajstić information content (AvgIpc) is 2.61. The molecule has 116 valence electrons. The molecule has 1 aromatic carbocycles. The van der Waals surface area contributed by atoms with Crippen molar-refractivity contribution in [1.29, 1.82) is 0 Å². The summed E-state index contributed by atoms with van der Waals surface area (Å²) in [5.41, 5.74) is 0.399. The zero-order chi connectivity index (χ0) is 15.7. The molecular formula is C11H10Cl4FN3OS. The number of carbonyl (C=O) groups is 1. The Hall–Kier alpha value is -0.110. The quantitative estimate of drug-likeness (QED) is 0.385. The van der Waals surface area contributed by atoms with Gasteiger partial charge < -0.3 is 0 Å². The van der Waals surface area contributed by atoms with Crippen LogP contribution in [0.15, 0.2) is 18.2 Å². The van der Waals surface area contributed by atoms with E-state index in [4.69, 9.17) is 46.4 Å². The number of rotatable bonds is 4. The molecule has 0 radical (unpaired) electrons. The van der Waals surface area contributed by atoms with Crippen LogP contribution in [0.5, 0.6) is 0 Å². The lowest BCUT2D eigenvalue weighted by Crippen LogP contribution is -2.37. The Kier molecular flexibility index (Phi) is 5.73. The summed E-state index contributed by atoms with van der Waals surface area (Å²) < 4.78 is 14.3. The van der Waals surface area contributed by atoms with E-state index in [-0.39, 0.29) is 5.23 Å². The van der Waals surface area contributed by atoms with Crippen molar-refractivity contribution in [3.8, 4) is 0 Å². The smallest absolute Gasteiger partial charge is 0.272 e. The summed E-state index contributed by atoms with van der Waals surface area (Å²) in [7, 11) is 0. The molecule has 4 nitrogen and oxygen atoms in total. The second-order valence-electron chi connectivity index (χ2n) is 4.10. The van der Waals surface area contributed by atoms with E-state index in [0.29, 0.717) is 22.2 Å². The van der Waals surface area contributed by atoms with E-state index in [1.165, 1.54) is 23.1 Å². The number of amides is 2. The van der Waals surface area contributed by atoms with Crippen molar-refractivity contribution < 1.29 is 9.28 Å². The molecule has 2 amide bonds. The van der Waals surface area contributed by atoms with E-state index >= 15 is 0 Å². The first-order valence-corrected chi connectivity index (χ1v) is 8.31. The van der Waals surface area contributed by atoms with Crippen LogP contribution >= 0.6 is 58.4 Å². The topological polar surface area (TPSA) is 26.8 Å². The van der Waals surface area contributed by atoms with Gasteiger partial charge in [0.1, 0.15) is 6.17 Å². The number of carbonyl (C=O) groups excluding carboxylic acids is 1. The fourth-order valence-corrected chi connectivity index (χ4v) is 3.71. The minimum atomic E-state index is -0.909. The number of benzene rings is 1. The number of hydrazine groups is 1. The minimum absolute atomic E-state index is 0.0224. The molecule has 10 heteroatoms. The number of halogens is 5. The molecule has 0 aromatic heterocycles. The van der Waals surface area contributed by atoms with Gasteiger partial charge in [-0.05, 0) is 36.6 Å². The summed E-state index contributed by atoms with van der Waals surface area (Å²) in [6.45, 7) is 1.81. The summed E-state index contributed by atoms with van der Waals surface area (Å²) in [6, 6.07) is 3.74. The second kappa shape index (κ2) is 6.98. The molecule has 1 saturated heterocycles. The maximum atomic E-state index is 14.1. The third-order valence-electron chi connectivity index (χ3n) is 2.77. The van der Waals surface area contributed by atoms with Gasteiger partial charge in [-0.25, -0.2) is 4.79 Å². The van der Waals surface area contributed by atoms with E-state index in [1.807, 2.05) is 0 Å². The molecule has 21 heavy (non-hydrogen) atoms. The Morgan fingerprint density at radius 1 is 1.29 bits per heavy atom. The first kappa shape index (κ1) is 17.2. The van der Waals surface area contributed by atoms with Gasteiger partial charge in [0.05, 0.1) is 5.69 Å². The van der Waals surface area contributed by atoms with Crippen molar-refractivity contribution in [3.05, 3.63) is 28.2 Å². The Bertz CT molecular complexity index is 530. The molecule has 0 N–H and O–H groups in total. The number of anilines is 1. The van der Waals surface area contributed by atoms with E-state index in [2.05, 4.69) is 0 Å². The molecule has 1 atom stereocenters. The van der Waals surface area contributed by atoms with Crippen LogP contribution in [0.1, 0.15) is 13.3 Å². The Balaban J connectivity index is 2.39. The van der Waals surface area contributed by atoms with Gasteiger partial charge >= 0.3 is 6.03 Å². The van der Waals surface area contributed by atoms with Crippen LogP contribution in [0.25, 0.3) is 0 Å². The van der Waals surface area contributed by atoms with Gasteiger partial charge in [-0.2, -0.15) is 0 Å². The van der Waals surface area contributed by atoms with E-state index in [0.717, 1.165) is 16.4 Å². The largest absolute Gasteiger partial charge is 0.370 e. The Morgan fingerprint density at radius 3 is 2.33 bits per heavy atom. The van der Waals surface area contributed by atoms with Gasteiger partial charge in [-0.3, -0.25) is 4.90 Å². The van der Waals surface area contributed by atoms with Crippen molar-refractivity contribution in [1.82, 2.24) is 9.65 Å². The number of hydrogen-bond donors (Lipinski definition) is 0. The summed E-state index contributed by atoms with van der Waals surface area (Å²) in [5, 5.41) is 0.680. The summed E-state index contributed by atoms with van der Waals surface area (Å²) in [6.07, 6.45) is -0.147. The molecule has 1 aliphatic heterocycles. The van der Waals surface area contributed by atoms with Gasteiger partial charge in [0.25, 0.3) is 0 Å². The van der Waals surface area contributed by atoms with Gasteiger partial charge in [0.2, 0.25) is 0 Å². The van der Waals surface area contributed by atoms with Crippen molar-refractivity contribution >= 4 is 70.1 Å². The highest BCUT2D eigenvalue weighted by Crippen LogP contribution is 2.39. The van der Waals surface area contributed by atoms with Crippen molar-refractivity contribution in [2.24, 2.45) is 0 Å². The fraction of sp³-hybridized carbons (Fsp3) is 0.364. The highest BCUT2D eigenvalue weighted by molar-refractivity contribution is 8.00. The predicted molar refractivity (Wildman–Crippen MR) is 86.3 cm³/mol. The fourth-order valence-electron chi connectivity index (χ4n) is 2.01. The lowest BCUT2D eigenvalue weighted by molar-refractivity contribution is -0.0458. The summed E-state index contributed by atoms with van der Waals surface area (Å²) >= 11 is 24.0. The number of nitrogens with zero attached hydrogens (tertiary/aromatic N) is 3. The van der Waals surface area contributed by atoms with Crippen molar-refractivity contribution in [2.45, 2.75) is 23.7 Å². The standard InChI is InChI=1S/C11H10Cl4FN3OS/c1-2-9-17(8-4-6(12)3-7(13)5-8)11(20)18(16)19(9)21-10(14)15/h3-5,9-10H,2H2,1H3. The zero-order valence-corrected chi connectivity index (χ0v) is 14.5. The van der Waals surface area contributed by atoms with Crippen molar-refractivity contribution in [3.63, 3.8) is 0 Å². The highest BCUT2D eigenvalue weighted by Gasteiger charge is 2.46. The van der Waals surface area contributed by atoms with Crippen LogP contribution in [0.3, 0.4) is 0 Å². The lowest BCUT2D eigenvalue weighted by atomic mass is 10.2. The monoisotopic (exact) mass is 391 g/mol. The van der Waals surface area contributed by atoms with E-state index < -0.39 is 16.4 Å². The summed E-state index contributed by atoms with van der Waals surface area (Å²) in [5.74, 6) is 0. The van der Waals surface area contributed by atoms with E-state index in [1.54, 1.807) is 6.92 Å².